The Morgan fingerprint density at radius 2 is 2.03 bits per heavy atom. The second-order valence-electron chi connectivity index (χ2n) is 8.88. The third kappa shape index (κ3) is 5.30. The zero-order valence-corrected chi connectivity index (χ0v) is 20.2. The van der Waals surface area contributed by atoms with Crippen molar-refractivity contribution in [3.8, 4) is 17.0 Å². The quantitative estimate of drug-likeness (QED) is 0.353. The van der Waals surface area contributed by atoms with Crippen molar-refractivity contribution >= 4 is 22.5 Å². The van der Waals surface area contributed by atoms with E-state index in [4.69, 9.17) is 9.47 Å². The third-order valence-corrected chi connectivity index (χ3v) is 6.38. The highest BCUT2D eigenvalue weighted by atomic mass is 19.4. The number of fused-ring (bicyclic) bond motifs is 2. The van der Waals surface area contributed by atoms with E-state index in [0.717, 1.165) is 11.2 Å². The van der Waals surface area contributed by atoms with Gasteiger partial charge in [-0.25, -0.2) is 13.6 Å². The van der Waals surface area contributed by atoms with Crippen molar-refractivity contribution in [1.82, 2.24) is 34.5 Å². The van der Waals surface area contributed by atoms with Gasteiger partial charge in [0, 0.05) is 38.5 Å². The molecule has 1 N–H and O–H groups in total. The molecule has 37 heavy (non-hydrogen) atoms. The maximum absolute atomic E-state index is 14.8. The van der Waals surface area contributed by atoms with Crippen LogP contribution in [0.25, 0.3) is 27.7 Å². The van der Waals surface area contributed by atoms with E-state index in [0.29, 0.717) is 41.7 Å². The minimum atomic E-state index is -4.43. The second-order valence-corrected chi connectivity index (χ2v) is 8.88. The Morgan fingerprint density at radius 3 is 2.76 bits per heavy atom. The van der Waals surface area contributed by atoms with Gasteiger partial charge in [0.25, 0.3) is 0 Å². The van der Waals surface area contributed by atoms with Gasteiger partial charge in [-0.15, -0.1) is 10.2 Å². The van der Waals surface area contributed by atoms with Gasteiger partial charge in [-0.1, -0.05) is 11.3 Å². The van der Waals surface area contributed by atoms with Crippen LogP contribution in [0.3, 0.4) is 0 Å². The number of benzene rings is 1. The number of methoxy groups -OCH3 is 2. The maximum Gasteiger partial charge on any atom is 0.408 e. The van der Waals surface area contributed by atoms with Crippen molar-refractivity contribution in [2.24, 2.45) is 0 Å². The van der Waals surface area contributed by atoms with E-state index >= 15 is 0 Å². The molecule has 0 radical (unpaired) electrons. The summed E-state index contributed by atoms with van der Waals surface area (Å²) in [5, 5.41) is 15.0. The molecule has 4 aromatic rings. The number of rotatable bonds is 8. The Labute approximate surface area is 209 Å². The molecule has 14 heteroatoms. The van der Waals surface area contributed by atoms with Gasteiger partial charge in [-0.2, -0.15) is 18.2 Å². The molecule has 0 unspecified atom stereocenters. The molecule has 198 valence electrons. The van der Waals surface area contributed by atoms with Crippen molar-refractivity contribution in [1.29, 1.82) is 0 Å². The lowest BCUT2D eigenvalue weighted by molar-refractivity contribution is -0.142. The summed E-state index contributed by atoms with van der Waals surface area (Å²) in [6, 6.07) is 6.24. The van der Waals surface area contributed by atoms with Gasteiger partial charge >= 0.3 is 6.18 Å². The van der Waals surface area contributed by atoms with E-state index in [1.165, 1.54) is 7.11 Å². The Kier molecular flexibility index (Phi) is 6.86. The van der Waals surface area contributed by atoms with E-state index < -0.39 is 24.9 Å². The number of aromatic nitrogens is 6. The van der Waals surface area contributed by atoms with Crippen LogP contribution in [0.5, 0.6) is 5.88 Å². The summed E-state index contributed by atoms with van der Waals surface area (Å²) >= 11 is 0. The van der Waals surface area contributed by atoms with Crippen LogP contribution in [0.15, 0.2) is 30.5 Å². The summed E-state index contributed by atoms with van der Waals surface area (Å²) in [7, 11) is 3.08. The van der Waals surface area contributed by atoms with Crippen molar-refractivity contribution < 1.29 is 27.0 Å². The Balaban J connectivity index is 1.42. The summed E-state index contributed by atoms with van der Waals surface area (Å²) in [5.41, 5.74) is 2.39. The van der Waals surface area contributed by atoms with Crippen LogP contribution in [0, 0.1) is 0 Å². The fourth-order valence-corrected chi connectivity index (χ4v) is 4.57. The van der Waals surface area contributed by atoms with E-state index in [9.17, 15) is 17.6 Å². The average Bonchev–Trinajstić information content (AvgIpc) is 3.46. The first kappa shape index (κ1) is 25.1. The number of nitrogens with zero attached hydrogens (tertiary/aromatic N) is 7. The van der Waals surface area contributed by atoms with Gasteiger partial charge in [0.2, 0.25) is 11.8 Å². The van der Waals surface area contributed by atoms with Gasteiger partial charge in [0.05, 0.1) is 25.3 Å². The Bertz CT molecular complexity index is 1390. The number of halogens is 4. The van der Waals surface area contributed by atoms with E-state index in [1.54, 1.807) is 42.1 Å². The number of hydrogen-bond acceptors (Lipinski definition) is 8. The highest BCUT2D eigenvalue weighted by Gasteiger charge is 2.31. The molecule has 1 aromatic carbocycles. The molecule has 3 aromatic heterocycles. The zero-order valence-electron chi connectivity index (χ0n) is 20.2. The number of alkyl halides is 4. The molecule has 1 saturated heterocycles. The fraction of sp³-hybridized carbons (Fsp3) is 0.478. The largest absolute Gasteiger partial charge is 0.479 e. The number of hydrogen-bond donors (Lipinski definition) is 1. The first-order valence-electron chi connectivity index (χ1n) is 11.7. The van der Waals surface area contributed by atoms with Crippen LogP contribution in [0.4, 0.5) is 23.5 Å². The lowest BCUT2D eigenvalue weighted by Gasteiger charge is -2.34. The summed E-state index contributed by atoms with van der Waals surface area (Å²) < 4.78 is 66.7. The number of anilines is 1. The zero-order chi connectivity index (χ0) is 26.2. The summed E-state index contributed by atoms with van der Waals surface area (Å²) in [6.45, 7) is 0.982. The molecule has 0 amide bonds. The Hall–Kier alpha value is -3.52. The summed E-state index contributed by atoms with van der Waals surface area (Å²) in [6.07, 6.45) is -3.28. The minimum absolute atomic E-state index is 0.215. The first-order chi connectivity index (χ1) is 17.8. The van der Waals surface area contributed by atoms with Gasteiger partial charge in [0.1, 0.15) is 23.7 Å². The Morgan fingerprint density at radius 1 is 1.19 bits per heavy atom. The van der Waals surface area contributed by atoms with E-state index in [1.807, 2.05) is 4.90 Å². The van der Waals surface area contributed by atoms with Crippen LogP contribution < -0.4 is 10.1 Å². The van der Waals surface area contributed by atoms with Crippen LogP contribution in [-0.2, 0) is 11.3 Å². The normalized spacial score (nSPS) is 19.1. The first-order valence-corrected chi connectivity index (χ1v) is 11.7. The molecule has 0 spiro atoms. The van der Waals surface area contributed by atoms with Gasteiger partial charge in [0.15, 0.2) is 0 Å². The van der Waals surface area contributed by atoms with E-state index in [-0.39, 0.29) is 23.9 Å². The number of nitrogens with one attached hydrogen (secondary N) is 1. The molecule has 1 fully saturated rings. The molecular formula is C23H26F4N8O2. The standard InChI is InChI=1S/C23H26F4N8O2/c1-36-10-9-33-7-6-17(16(24)12-33)28-22-29-21(37-2)20-15(5-8-34(20)31-22)14-3-4-18-19(11-14)35(32-30-18)13-23(25,26)27/h3-5,8,11,16-17H,6-7,9-10,12-13H2,1-2H3,(H,28,31)/t16-,17+/m1/s1. The maximum atomic E-state index is 14.8. The average molecular weight is 523 g/mol. The summed E-state index contributed by atoms with van der Waals surface area (Å²) in [5.74, 6) is 0.458. The van der Waals surface area contributed by atoms with E-state index in [2.05, 4.69) is 25.7 Å². The second kappa shape index (κ2) is 10.1. The molecule has 5 rings (SSSR count). The summed E-state index contributed by atoms with van der Waals surface area (Å²) in [4.78, 5) is 6.47. The monoisotopic (exact) mass is 522 g/mol. The fourth-order valence-electron chi connectivity index (χ4n) is 4.57. The number of ether oxygens (including phenoxy) is 2. The van der Waals surface area contributed by atoms with Crippen molar-refractivity contribution in [2.75, 3.05) is 45.8 Å². The molecule has 0 saturated carbocycles. The highest BCUT2D eigenvalue weighted by Crippen LogP contribution is 2.33. The lowest BCUT2D eigenvalue weighted by atomic mass is 10.0. The van der Waals surface area contributed by atoms with Gasteiger partial charge in [-0.3, -0.25) is 4.90 Å². The predicted molar refractivity (Wildman–Crippen MR) is 127 cm³/mol. The van der Waals surface area contributed by atoms with Gasteiger partial charge in [-0.05, 0) is 30.2 Å². The molecule has 4 heterocycles. The predicted octanol–water partition coefficient (Wildman–Crippen LogP) is 3.18. The smallest absolute Gasteiger partial charge is 0.408 e. The topological polar surface area (TPSA) is 94.6 Å². The van der Waals surface area contributed by atoms with Crippen LogP contribution >= 0.6 is 0 Å². The molecular weight excluding hydrogens is 496 g/mol. The minimum Gasteiger partial charge on any atom is -0.479 e. The third-order valence-electron chi connectivity index (χ3n) is 6.38. The van der Waals surface area contributed by atoms with Crippen LogP contribution in [-0.4, -0.2) is 93.3 Å². The number of likely N-dealkylation sites (tertiary alicyclic amines) is 1. The SMILES string of the molecule is COCCN1CC[C@H](Nc2nc(OC)c3c(-c4ccc5nnn(CC(F)(F)F)c5c4)ccn3n2)[C@H](F)C1. The van der Waals surface area contributed by atoms with Crippen molar-refractivity contribution in [3.05, 3.63) is 30.5 Å². The molecule has 10 nitrogen and oxygen atoms in total. The van der Waals surface area contributed by atoms with Crippen LogP contribution in [0.2, 0.25) is 0 Å². The number of piperidine rings is 1. The molecule has 1 aliphatic rings. The highest BCUT2D eigenvalue weighted by molar-refractivity contribution is 5.89. The van der Waals surface area contributed by atoms with Crippen molar-refractivity contribution in [3.63, 3.8) is 0 Å². The molecule has 0 aliphatic carbocycles. The van der Waals surface area contributed by atoms with Crippen molar-refractivity contribution in [2.45, 2.75) is 31.4 Å². The lowest BCUT2D eigenvalue weighted by Crippen LogP contribution is -2.48. The molecule has 1 aliphatic heterocycles. The molecule has 2 atom stereocenters. The van der Waals surface area contributed by atoms with Gasteiger partial charge < -0.3 is 14.8 Å². The van der Waals surface area contributed by atoms with Crippen LogP contribution in [0.1, 0.15) is 6.42 Å². The molecule has 0 bridgehead atoms.